The average Bonchev–Trinajstić information content (AvgIpc) is 2.62. The lowest BCUT2D eigenvalue weighted by molar-refractivity contribution is 0.186. The van der Waals surface area contributed by atoms with Gasteiger partial charge in [0, 0.05) is 21.5 Å². The summed E-state index contributed by atoms with van der Waals surface area (Å²) >= 11 is 6.57. The third-order valence-corrected chi connectivity index (χ3v) is 7.05. The summed E-state index contributed by atoms with van der Waals surface area (Å²) in [6.07, 6.45) is 3.36. The van der Waals surface area contributed by atoms with E-state index in [2.05, 4.69) is 31.9 Å². The first-order valence-electron chi connectivity index (χ1n) is 6.75. The summed E-state index contributed by atoms with van der Waals surface area (Å²) in [6, 6.07) is 2.85. The SMILES string of the molecule is Nc1cc(Br)cc(Br)c1S(=O)(=O)N1CCCCCC1CO. The van der Waals surface area contributed by atoms with Crippen LogP contribution in [0.5, 0.6) is 0 Å². The van der Waals surface area contributed by atoms with Crippen molar-refractivity contribution in [2.45, 2.75) is 36.6 Å². The number of aliphatic hydroxyl groups excluding tert-OH is 1. The maximum atomic E-state index is 13.0. The van der Waals surface area contributed by atoms with Crippen molar-refractivity contribution in [2.24, 2.45) is 0 Å². The molecule has 1 heterocycles. The van der Waals surface area contributed by atoms with Gasteiger partial charge in [-0.2, -0.15) is 4.31 Å². The fourth-order valence-electron chi connectivity index (χ4n) is 2.62. The van der Waals surface area contributed by atoms with Gasteiger partial charge in [-0.05, 0) is 40.9 Å². The van der Waals surface area contributed by atoms with E-state index < -0.39 is 10.0 Å². The summed E-state index contributed by atoms with van der Waals surface area (Å²) in [6.45, 7) is 0.239. The normalized spacial score (nSPS) is 21.2. The molecule has 8 heteroatoms. The van der Waals surface area contributed by atoms with Crippen LogP contribution in [0.3, 0.4) is 0 Å². The topological polar surface area (TPSA) is 83.6 Å². The first-order chi connectivity index (χ1) is 9.87. The first-order valence-corrected chi connectivity index (χ1v) is 9.77. The van der Waals surface area contributed by atoms with Crippen LogP contribution in [-0.4, -0.2) is 37.0 Å². The Morgan fingerprint density at radius 2 is 2.00 bits per heavy atom. The van der Waals surface area contributed by atoms with Gasteiger partial charge in [0.2, 0.25) is 10.0 Å². The van der Waals surface area contributed by atoms with Crippen LogP contribution in [0, 0.1) is 0 Å². The Bertz CT molecular complexity index is 599. The van der Waals surface area contributed by atoms with Crippen molar-refractivity contribution in [3.05, 3.63) is 21.1 Å². The number of halogens is 2. The number of benzene rings is 1. The molecule has 0 spiro atoms. The third-order valence-electron chi connectivity index (χ3n) is 3.64. The summed E-state index contributed by atoms with van der Waals surface area (Å²) < 4.78 is 28.4. The molecule has 0 amide bonds. The lowest BCUT2D eigenvalue weighted by Crippen LogP contribution is -2.42. The molecule has 1 atom stereocenters. The van der Waals surface area contributed by atoms with Gasteiger partial charge in [0.1, 0.15) is 4.90 Å². The lowest BCUT2D eigenvalue weighted by Gasteiger charge is -2.28. The van der Waals surface area contributed by atoms with E-state index in [0.717, 1.165) is 19.3 Å². The van der Waals surface area contributed by atoms with E-state index in [9.17, 15) is 13.5 Å². The number of aliphatic hydroxyl groups is 1. The first kappa shape index (κ1) is 17.2. The maximum Gasteiger partial charge on any atom is 0.246 e. The molecule has 5 nitrogen and oxygen atoms in total. The van der Waals surface area contributed by atoms with Crippen molar-refractivity contribution in [2.75, 3.05) is 18.9 Å². The molecule has 1 aliphatic heterocycles. The number of sulfonamides is 1. The molecule has 3 N–H and O–H groups in total. The molecule has 0 aliphatic carbocycles. The number of nitrogen functional groups attached to an aromatic ring is 1. The van der Waals surface area contributed by atoms with E-state index in [1.807, 2.05) is 0 Å². The van der Waals surface area contributed by atoms with Gasteiger partial charge in [-0.15, -0.1) is 0 Å². The number of hydrogen-bond donors (Lipinski definition) is 2. The predicted molar refractivity (Wildman–Crippen MR) is 89.5 cm³/mol. The van der Waals surface area contributed by atoms with Crippen LogP contribution in [-0.2, 0) is 10.0 Å². The molecule has 2 rings (SSSR count). The molecule has 0 aromatic heterocycles. The van der Waals surface area contributed by atoms with Crippen molar-refractivity contribution in [3.63, 3.8) is 0 Å². The van der Waals surface area contributed by atoms with Gasteiger partial charge in [0.05, 0.1) is 12.3 Å². The van der Waals surface area contributed by atoms with Gasteiger partial charge < -0.3 is 10.8 Å². The number of rotatable bonds is 3. The monoisotopic (exact) mass is 440 g/mol. The zero-order valence-corrected chi connectivity index (χ0v) is 15.4. The van der Waals surface area contributed by atoms with Crippen LogP contribution in [0.25, 0.3) is 0 Å². The van der Waals surface area contributed by atoms with Crippen molar-refractivity contribution in [1.82, 2.24) is 4.31 Å². The number of nitrogens with two attached hydrogens (primary N) is 1. The standard InChI is InChI=1S/C13H18Br2N2O3S/c14-9-6-11(15)13(12(16)7-9)21(19,20)17-5-3-1-2-4-10(17)8-18/h6-7,10,18H,1-5,8,16H2. The Morgan fingerprint density at radius 3 is 2.62 bits per heavy atom. The largest absolute Gasteiger partial charge is 0.398 e. The van der Waals surface area contributed by atoms with Gasteiger partial charge in [0.25, 0.3) is 0 Å². The third kappa shape index (κ3) is 3.61. The minimum absolute atomic E-state index is 0.0750. The maximum absolute atomic E-state index is 13.0. The fraction of sp³-hybridized carbons (Fsp3) is 0.538. The molecule has 1 aromatic rings. The minimum atomic E-state index is -3.74. The van der Waals surface area contributed by atoms with Crippen LogP contribution < -0.4 is 5.73 Å². The van der Waals surface area contributed by atoms with Crippen molar-refractivity contribution >= 4 is 47.6 Å². The zero-order chi connectivity index (χ0) is 15.6. The van der Waals surface area contributed by atoms with Crippen LogP contribution >= 0.6 is 31.9 Å². The van der Waals surface area contributed by atoms with Crippen molar-refractivity contribution < 1.29 is 13.5 Å². The molecule has 0 radical (unpaired) electrons. The highest BCUT2D eigenvalue weighted by Gasteiger charge is 2.34. The summed E-state index contributed by atoms with van der Waals surface area (Å²) in [5.41, 5.74) is 6.10. The summed E-state index contributed by atoms with van der Waals surface area (Å²) in [5, 5.41) is 9.52. The highest BCUT2D eigenvalue weighted by molar-refractivity contribution is 9.11. The molecule has 1 saturated heterocycles. The van der Waals surface area contributed by atoms with Crippen LogP contribution in [0.1, 0.15) is 25.7 Å². The van der Waals surface area contributed by atoms with Gasteiger partial charge in [0.15, 0.2) is 0 Å². The number of hydrogen-bond acceptors (Lipinski definition) is 4. The Kier molecular flexibility index (Phi) is 5.70. The molecule has 1 aliphatic rings. The van der Waals surface area contributed by atoms with Crippen LogP contribution in [0.4, 0.5) is 5.69 Å². The van der Waals surface area contributed by atoms with Crippen molar-refractivity contribution in [3.8, 4) is 0 Å². The smallest absolute Gasteiger partial charge is 0.246 e. The van der Waals surface area contributed by atoms with E-state index in [1.54, 1.807) is 12.1 Å². The predicted octanol–water partition coefficient (Wildman–Crippen LogP) is 2.72. The van der Waals surface area contributed by atoms with E-state index in [-0.39, 0.29) is 23.2 Å². The van der Waals surface area contributed by atoms with Gasteiger partial charge >= 0.3 is 0 Å². The summed E-state index contributed by atoms with van der Waals surface area (Å²) in [5.74, 6) is 0. The van der Waals surface area contributed by atoms with E-state index >= 15 is 0 Å². The van der Waals surface area contributed by atoms with Crippen molar-refractivity contribution in [1.29, 1.82) is 0 Å². The van der Waals surface area contributed by atoms with Gasteiger partial charge in [-0.3, -0.25) is 0 Å². The Morgan fingerprint density at radius 1 is 1.29 bits per heavy atom. The molecule has 1 aromatic carbocycles. The van der Waals surface area contributed by atoms with E-state index in [4.69, 9.17) is 5.73 Å². The summed E-state index contributed by atoms with van der Waals surface area (Å²) in [7, 11) is -3.74. The highest BCUT2D eigenvalue weighted by Crippen LogP contribution is 2.35. The molecule has 1 fully saturated rings. The molecular weight excluding hydrogens is 424 g/mol. The Labute approximate surface area is 141 Å². The Hall–Kier alpha value is -0.150. The van der Waals surface area contributed by atoms with Gasteiger partial charge in [-0.1, -0.05) is 28.8 Å². The second-order valence-electron chi connectivity index (χ2n) is 5.11. The fourth-order valence-corrected chi connectivity index (χ4v) is 6.32. The van der Waals surface area contributed by atoms with Crippen LogP contribution in [0.2, 0.25) is 0 Å². The van der Waals surface area contributed by atoms with E-state index in [1.165, 1.54) is 4.31 Å². The quantitative estimate of drug-likeness (QED) is 0.706. The molecule has 0 saturated carbocycles. The minimum Gasteiger partial charge on any atom is -0.398 e. The number of anilines is 1. The second kappa shape index (κ2) is 6.95. The zero-order valence-electron chi connectivity index (χ0n) is 11.4. The highest BCUT2D eigenvalue weighted by atomic mass is 79.9. The second-order valence-corrected chi connectivity index (χ2v) is 8.70. The lowest BCUT2D eigenvalue weighted by atomic mass is 10.1. The molecular formula is C13H18Br2N2O3S. The summed E-state index contributed by atoms with van der Waals surface area (Å²) in [4.78, 5) is 0.0750. The van der Waals surface area contributed by atoms with E-state index in [0.29, 0.717) is 21.9 Å². The van der Waals surface area contributed by atoms with Crippen LogP contribution in [0.15, 0.2) is 26.0 Å². The number of nitrogens with zero attached hydrogens (tertiary/aromatic N) is 1. The molecule has 21 heavy (non-hydrogen) atoms. The Balaban J connectivity index is 2.50. The molecule has 118 valence electrons. The van der Waals surface area contributed by atoms with Gasteiger partial charge in [-0.25, -0.2) is 8.42 Å². The molecule has 0 bridgehead atoms. The molecule has 1 unspecified atom stereocenters. The average molecular weight is 442 g/mol.